The van der Waals surface area contributed by atoms with Gasteiger partial charge in [0.1, 0.15) is 17.2 Å². The van der Waals surface area contributed by atoms with Gasteiger partial charge in [-0.25, -0.2) is 4.79 Å². The van der Waals surface area contributed by atoms with Crippen molar-refractivity contribution in [3.05, 3.63) is 82.6 Å². The highest BCUT2D eigenvalue weighted by Gasteiger charge is 2.33. The fraction of sp³-hybridized carbons (Fsp3) is 0.143. The molecule has 0 spiro atoms. The number of hydrogen-bond acceptors (Lipinski definition) is 5. The molecule has 0 saturated heterocycles. The summed E-state index contributed by atoms with van der Waals surface area (Å²) >= 11 is 1.28. The van der Waals surface area contributed by atoms with Crippen LogP contribution in [0.5, 0.6) is 5.75 Å². The lowest BCUT2D eigenvalue weighted by molar-refractivity contribution is -0.122. The molecule has 4 rings (SSSR count). The van der Waals surface area contributed by atoms with Gasteiger partial charge in [0.25, 0.3) is 5.91 Å². The van der Waals surface area contributed by atoms with Crippen molar-refractivity contribution in [3.63, 3.8) is 0 Å². The van der Waals surface area contributed by atoms with E-state index in [0.717, 1.165) is 5.56 Å². The van der Waals surface area contributed by atoms with Gasteiger partial charge < -0.3 is 9.47 Å². The van der Waals surface area contributed by atoms with Gasteiger partial charge in [-0.1, -0.05) is 48.5 Å². The molecule has 0 bridgehead atoms. The fourth-order valence-electron chi connectivity index (χ4n) is 3.08. The number of anilines is 1. The quantitative estimate of drug-likeness (QED) is 0.641. The monoisotopic (exact) mass is 379 g/mol. The Kier molecular flexibility index (Phi) is 4.89. The Morgan fingerprint density at radius 2 is 1.81 bits per heavy atom. The van der Waals surface area contributed by atoms with Crippen LogP contribution in [0.15, 0.2) is 72.1 Å². The van der Waals surface area contributed by atoms with Gasteiger partial charge in [0.05, 0.1) is 11.7 Å². The Balaban J connectivity index is 1.59. The van der Waals surface area contributed by atoms with Crippen LogP contribution in [0.2, 0.25) is 0 Å². The number of carbonyl (C=O) groups is 2. The van der Waals surface area contributed by atoms with Gasteiger partial charge in [-0.3, -0.25) is 9.69 Å². The summed E-state index contributed by atoms with van der Waals surface area (Å²) < 4.78 is 11.1. The fourth-order valence-corrected chi connectivity index (χ4v) is 3.70. The molecule has 6 heteroatoms. The number of ether oxygens (including phenoxy) is 2. The van der Waals surface area contributed by atoms with Gasteiger partial charge in [0.15, 0.2) is 6.61 Å². The normalized spacial score (nSPS) is 15.6. The van der Waals surface area contributed by atoms with Crippen molar-refractivity contribution in [2.75, 3.05) is 18.1 Å². The molecule has 1 aromatic heterocycles. The number of fused-ring (bicyclic) bond motifs is 1. The summed E-state index contributed by atoms with van der Waals surface area (Å²) in [5.41, 5.74) is 1.64. The number of thiophene rings is 1. The maximum Gasteiger partial charge on any atom is 0.348 e. The van der Waals surface area contributed by atoms with Gasteiger partial charge >= 0.3 is 5.97 Å². The predicted octanol–water partition coefficient (Wildman–Crippen LogP) is 4.07. The van der Waals surface area contributed by atoms with E-state index in [1.807, 2.05) is 54.6 Å². The van der Waals surface area contributed by atoms with Gasteiger partial charge in [0, 0.05) is 0 Å². The maximum atomic E-state index is 13.0. The number of nitrogens with zero attached hydrogens (tertiary/aromatic N) is 1. The maximum absolute atomic E-state index is 13.0. The van der Waals surface area contributed by atoms with E-state index in [2.05, 4.69) is 0 Å². The molecule has 1 amide bonds. The van der Waals surface area contributed by atoms with E-state index in [1.54, 1.807) is 22.4 Å². The molecule has 0 saturated carbocycles. The topological polar surface area (TPSA) is 55.8 Å². The van der Waals surface area contributed by atoms with E-state index in [1.165, 1.54) is 11.3 Å². The predicted molar refractivity (Wildman–Crippen MR) is 103 cm³/mol. The number of rotatable bonds is 4. The minimum Gasteiger partial charge on any atom is -0.489 e. The highest BCUT2D eigenvalue weighted by molar-refractivity contribution is 7.11. The van der Waals surface area contributed by atoms with Gasteiger partial charge in [0.2, 0.25) is 0 Å². The van der Waals surface area contributed by atoms with Crippen LogP contribution in [0.25, 0.3) is 0 Å². The van der Waals surface area contributed by atoms with E-state index >= 15 is 0 Å². The lowest BCUT2D eigenvalue weighted by Crippen LogP contribution is -2.43. The minimum atomic E-state index is -0.490. The molecule has 2 heterocycles. The second-order valence-electron chi connectivity index (χ2n) is 6.02. The van der Waals surface area contributed by atoms with Crippen LogP contribution in [0.3, 0.4) is 0 Å². The first kappa shape index (κ1) is 17.3. The van der Waals surface area contributed by atoms with Crippen LogP contribution in [0.4, 0.5) is 5.69 Å². The number of para-hydroxylation sites is 2. The van der Waals surface area contributed by atoms with Crippen LogP contribution in [0.1, 0.15) is 21.3 Å². The van der Waals surface area contributed by atoms with E-state index in [0.29, 0.717) is 22.9 Å². The second kappa shape index (κ2) is 7.63. The average Bonchev–Trinajstić information content (AvgIpc) is 3.26. The Morgan fingerprint density at radius 1 is 1.04 bits per heavy atom. The summed E-state index contributed by atoms with van der Waals surface area (Å²) in [4.78, 5) is 27.2. The second-order valence-corrected chi connectivity index (χ2v) is 6.97. The molecular formula is C21H17NO4S. The lowest BCUT2D eigenvalue weighted by Gasteiger charge is -2.37. The summed E-state index contributed by atoms with van der Waals surface area (Å²) in [7, 11) is 0. The third-order valence-electron chi connectivity index (χ3n) is 4.34. The first-order chi connectivity index (χ1) is 13.2. The first-order valence-electron chi connectivity index (χ1n) is 8.53. The first-order valence-corrected chi connectivity index (χ1v) is 9.41. The lowest BCUT2D eigenvalue weighted by atomic mass is 10.0. The standard InChI is InChI=1S/C21H17NO4S/c23-20(14-26-21(24)19-11-6-12-27-19)22-16-9-4-5-10-18(16)25-13-17(22)15-7-2-1-3-8-15/h1-12,17H,13-14H2/t17-/m0/s1. The van der Waals surface area contributed by atoms with Crippen LogP contribution >= 0.6 is 11.3 Å². The molecule has 1 aliphatic heterocycles. The molecule has 0 N–H and O–H groups in total. The van der Waals surface area contributed by atoms with Crippen molar-refractivity contribution in [1.82, 2.24) is 0 Å². The molecule has 1 aliphatic rings. The number of benzene rings is 2. The Hall–Kier alpha value is -3.12. The van der Waals surface area contributed by atoms with Crippen molar-refractivity contribution in [3.8, 4) is 5.75 Å². The van der Waals surface area contributed by atoms with Gasteiger partial charge in [-0.15, -0.1) is 11.3 Å². The molecule has 0 fully saturated rings. The van der Waals surface area contributed by atoms with Crippen LogP contribution < -0.4 is 9.64 Å². The molecule has 3 aromatic rings. The zero-order valence-corrected chi connectivity index (χ0v) is 15.2. The molecule has 0 unspecified atom stereocenters. The molecule has 0 radical (unpaired) electrons. The Morgan fingerprint density at radius 3 is 2.59 bits per heavy atom. The number of hydrogen-bond donors (Lipinski definition) is 0. The molecule has 2 aromatic carbocycles. The summed E-state index contributed by atoms with van der Waals surface area (Å²) in [6, 6.07) is 20.2. The summed E-state index contributed by atoms with van der Waals surface area (Å²) in [5.74, 6) is -0.136. The highest BCUT2D eigenvalue weighted by atomic mass is 32.1. The average molecular weight is 379 g/mol. The Labute approximate surface area is 160 Å². The number of amides is 1. The van der Waals surface area contributed by atoms with Crippen LogP contribution in [0, 0.1) is 0 Å². The van der Waals surface area contributed by atoms with E-state index < -0.39 is 5.97 Å². The van der Waals surface area contributed by atoms with Gasteiger partial charge in [-0.05, 0) is 29.1 Å². The van der Waals surface area contributed by atoms with Crippen LogP contribution in [-0.4, -0.2) is 25.1 Å². The third kappa shape index (κ3) is 3.57. The SMILES string of the molecule is O=C(OCC(=O)N1c2ccccc2OC[C@H]1c1ccccc1)c1cccs1. The molecule has 27 heavy (non-hydrogen) atoms. The van der Waals surface area contributed by atoms with Crippen molar-refractivity contribution in [1.29, 1.82) is 0 Å². The van der Waals surface area contributed by atoms with Crippen molar-refractivity contribution < 1.29 is 19.1 Å². The van der Waals surface area contributed by atoms with Crippen molar-refractivity contribution in [2.45, 2.75) is 6.04 Å². The third-order valence-corrected chi connectivity index (χ3v) is 5.19. The van der Waals surface area contributed by atoms with E-state index in [9.17, 15) is 9.59 Å². The summed E-state index contributed by atoms with van der Waals surface area (Å²) in [5, 5.41) is 1.79. The molecular weight excluding hydrogens is 362 g/mol. The molecule has 136 valence electrons. The van der Waals surface area contributed by atoms with Crippen LogP contribution in [-0.2, 0) is 9.53 Å². The smallest absolute Gasteiger partial charge is 0.348 e. The zero-order chi connectivity index (χ0) is 18.6. The zero-order valence-electron chi connectivity index (χ0n) is 14.4. The van der Waals surface area contributed by atoms with Crippen molar-refractivity contribution >= 4 is 28.9 Å². The number of carbonyl (C=O) groups excluding carboxylic acids is 2. The highest BCUT2D eigenvalue weighted by Crippen LogP contribution is 2.39. The van der Waals surface area contributed by atoms with Crippen molar-refractivity contribution in [2.24, 2.45) is 0 Å². The Bertz CT molecular complexity index is 940. The van der Waals surface area contributed by atoms with E-state index in [4.69, 9.17) is 9.47 Å². The molecule has 1 atom stereocenters. The molecule has 5 nitrogen and oxygen atoms in total. The summed E-state index contributed by atoms with van der Waals surface area (Å²) in [6.45, 7) is 0.0139. The largest absolute Gasteiger partial charge is 0.489 e. The van der Waals surface area contributed by atoms with Gasteiger partial charge in [-0.2, -0.15) is 0 Å². The minimum absolute atomic E-state index is 0.283. The number of esters is 1. The van der Waals surface area contributed by atoms with E-state index in [-0.39, 0.29) is 18.6 Å². The molecule has 0 aliphatic carbocycles. The summed E-state index contributed by atoms with van der Waals surface area (Å²) in [6.07, 6.45) is 0.